The molecule has 1 amide bonds. The fraction of sp³-hybridized carbons (Fsp3) is 0.154. The zero-order chi connectivity index (χ0) is 23.5. The Kier molecular flexibility index (Phi) is 6.04. The zero-order valence-corrected chi connectivity index (χ0v) is 18.8. The van der Waals surface area contributed by atoms with E-state index in [1.54, 1.807) is 17.3 Å². The highest BCUT2D eigenvalue weighted by atomic mass is 16.2. The predicted octanol–water partition coefficient (Wildman–Crippen LogP) is 4.96. The van der Waals surface area contributed by atoms with E-state index in [0.29, 0.717) is 11.5 Å². The maximum Gasteiger partial charge on any atom is 0.256 e. The van der Waals surface area contributed by atoms with E-state index in [1.165, 1.54) is 6.08 Å². The number of fused-ring (bicyclic) bond motifs is 1. The van der Waals surface area contributed by atoms with Crippen molar-refractivity contribution in [2.75, 3.05) is 10.2 Å². The predicted molar refractivity (Wildman–Crippen MR) is 133 cm³/mol. The minimum Gasteiger partial charge on any atom is -0.329 e. The van der Waals surface area contributed by atoms with E-state index >= 15 is 0 Å². The Bertz CT molecular complexity index is 1410. The Morgan fingerprint density at radius 2 is 2.00 bits per heavy atom. The topological polar surface area (TPSA) is 91.0 Å². The molecule has 2 heterocycles. The lowest BCUT2D eigenvalue weighted by molar-refractivity contribution is -0.114. The number of aromatic amines is 1. The average molecular weight is 440 g/mol. The quantitative estimate of drug-likeness (QED) is 0.414. The fourth-order valence-electron chi connectivity index (χ4n) is 3.83. The van der Waals surface area contributed by atoms with Gasteiger partial charge in [0.15, 0.2) is 0 Å². The van der Waals surface area contributed by atoms with E-state index in [4.69, 9.17) is 0 Å². The minimum absolute atomic E-state index is 0.0163. The molecule has 0 saturated carbocycles. The number of hydrogen-bond donors (Lipinski definition) is 2. The summed E-state index contributed by atoms with van der Waals surface area (Å²) in [6.07, 6.45) is 4.68. The first kappa shape index (κ1) is 22.0. The number of H-pyrrole nitrogens is 1. The number of carbonyl (C=O) groups is 1. The van der Waals surface area contributed by atoms with Gasteiger partial charge in [-0.2, -0.15) is 0 Å². The molecule has 0 bridgehead atoms. The second-order valence-electron chi connectivity index (χ2n) is 8.01. The van der Waals surface area contributed by atoms with Crippen LogP contribution in [0.4, 0.5) is 17.3 Å². The molecule has 0 atom stereocenters. The van der Waals surface area contributed by atoms with Gasteiger partial charge in [0.25, 0.3) is 11.5 Å². The van der Waals surface area contributed by atoms with E-state index in [1.807, 2.05) is 69.3 Å². The normalized spacial score (nSPS) is 10.9. The number of pyridine rings is 1. The summed E-state index contributed by atoms with van der Waals surface area (Å²) in [6.45, 7) is 9.41. The van der Waals surface area contributed by atoms with Gasteiger partial charge in [0.2, 0.25) is 5.95 Å². The molecule has 2 aromatic heterocycles. The molecule has 0 aliphatic heterocycles. The van der Waals surface area contributed by atoms with Gasteiger partial charge < -0.3 is 15.2 Å². The molecule has 4 rings (SSSR count). The first-order valence-corrected chi connectivity index (χ1v) is 10.7. The number of aromatic nitrogens is 3. The van der Waals surface area contributed by atoms with Gasteiger partial charge in [-0.15, -0.1) is 0 Å². The SMILES string of the molecule is C=CC(=O)N(c1cccc(Nc2ncc3cc(-c4c(C)cc[nH]c4=O)ccc3n2)c1)C(C)C. The van der Waals surface area contributed by atoms with Crippen LogP contribution in [0, 0.1) is 6.92 Å². The van der Waals surface area contributed by atoms with Crippen molar-refractivity contribution in [1.29, 1.82) is 0 Å². The molecule has 166 valence electrons. The van der Waals surface area contributed by atoms with Crippen LogP contribution in [0.5, 0.6) is 0 Å². The third kappa shape index (κ3) is 4.52. The van der Waals surface area contributed by atoms with Crippen molar-refractivity contribution in [2.24, 2.45) is 0 Å². The first-order valence-electron chi connectivity index (χ1n) is 10.7. The van der Waals surface area contributed by atoms with Gasteiger partial charge in [-0.05, 0) is 74.4 Å². The summed E-state index contributed by atoms with van der Waals surface area (Å²) in [5.74, 6) is 0.277. The lowest BCUT2D eigenvalue weighted by Gasteiger charge is -2.26. The Morgan fingerprint density at radius 1 is 1.18 bits per heavy atom. The number of amides is 1. The van der Waals surface area contributed by atoms with Crippen molar-refractivity contribution < 1.29 is 4.79 Å². The number of rotatable bonds is 6. The molecule has 0 saturated heterocycles. The molecule has 0 spiro atoms. The molecule has 2 N–H and O–H groups in total. The molecule has 4 aromatic rings. The monoisotopic (exact) mass is 439 g/mol. The number of carbonyl (C=O) groups excluding carboxylic acids is 1. The van der Waals surface area contributed by atoms with Gasteiger partial charge in [-0.25, -0.2) is 9.97 Å². The molecule has 7 nitrogen and oxygen atoms in total. The minimum atomic E-state index is -0.160. The van der Waals surface area contributed by atoms with Crippen LogP contribution in [0.1, 0.15) is 19.4 Å². The summed E-state index contributed by atoms with van der Waals surface area (Å²) in [6, 6.07) is 15.1. The first-order chi connectivity index (χ1) is 15.9. The van der Waals surface area contributed by atoms with Gasteiger partial charge in [0, 0.05) is 40.8 Å². The van der Waals surface area contributed by atoms with Gasteiger partial charge in [0.05, 0.1) is 5.52 Å². The van der Waals surface area contributed by atoms with Crippen LogP contribution >= 0.6 is 0 Å². The smallest absolute Gasteiger partial charge is 0.256 e. The Balaban J connectivity index is 1.63. The van der Waals surface area contributed by atoms with Crippen molar-refractivity contribution in [3.05, 3.63) is 89.5 Å². The summed E-state index contributed by atoms with van der Waals surface area (Å²) in [5, 5.41) is 4.04. The molecule has 0 aliphatic carbocycles. The second-order valence-corrected chi connectivity index (χ2v) is 8.01. The molecule has 0 fully saturated rings. The number of aryl methyl sites for hydroxylation is 1. The van der Waals surface area contributed by atoms with Crippen LogP contribution in [0.25, 0.3) is 22.0 Å². The van der Waals surface area contributed by atoms with Gasteiger partial charge in [-0.3, -0.25) is 9.59 Å². The largest absolute Gasteiger partial charge is 0.329 e. The van der Waals surface area contributed by atoms with Gasteiger partial charge in [-0.1, -0.05) is 18.7 Å². The molecule has 7 heteroatoms. The van der Waals surface area contributed by atoms with Crippen LogP contribution in [0.3, 0.4) is 0 Å². The summed E-state index contributed by atoms with van der Waals surface area (Å²) >= 11 is 0. The lowest BCUT2D eigenvalue weighted by atomic mass is 10.0. The summed E-state index contributed by atoms with van der Waals surface area (Å²) in [7, 11) is 0. The number of benzene rings is 2. The zero-order valence-electron chi connectivity index (χ0n) is 18.8. The van der Waals surface area contributed by atoms with E-state index < -0.39 is 0 Å². The van der Waals surface area contributed by atoms with Gasteiger partial charge >= 0.3 is 0 Å². The van der Waals surface area contributed by atoms with Crippen molar-refractivity contribution in [1.82, 2.24) is 15.0 Å². The van der Waals surface area contributed by atoms with Gasteiger partial charge in [0.1, 0.15) is 0 Å². The molecule has 0 unspecified atom stereocenters. The molecule has 2 aromatic carbocycles. The summed E-state index contributed by atoms with van der Waals surface area (Å²) in [5.41, 5.74) is 4.51. The Hall–Kier alpha value is -4.26. The number of anilines is 3. The van der Waals surface area contributed by atoms with Crippen LogP contribution in [-0.4, -0.2) is 26.9 Å². The summed E-state index contributed by atoms with van der Waals surface area (Å²) in [4.78, 5) is 38.0. The second kappa shape index (κ2) is 9.08. The van der Waals surface area contributed by atoms with E-state index in [9.17, 15) is 9.59 Å². The molecule has 0 radical (unpaired) electrons. The Morgan fingerprint density at radius 3 is 2.73 bits per heavy atom. The highest BCUT2D eigenvalue weighted by molar-refractivity contribution is 6.01. The van der Waals surface area contributed by atoms with Crippen molar-refractivity contribution >= 4 is 34.1 Å². The average Bonchev–Trinajstić information content (AvgIpc) is 2.79. The number of nitrogens with zero attached hydrogens (tertiary/aromatic N) is 3. The van der Waals surface area contributed by atoms with E-state index in [2.05, 4.69) is 26.8 Å². The third-order valence-corrected chi connectivity index (χ3v) is 5.35. The molecule has 0 aliphatic rings. The fourth-order valence-corrected chi connectivity index (χ4v) is 3.83. The third-order valence-electron chi connectivity index (χ3n) is 5.35. The van der Waals surface area contributed by atoms with E-state index in [0.717, 1.165) is 33.4 Å². The molecular weight excluding hydrogens is 414 g/mol. The van der Waals surface area contributed by atoms with E-state index in [-0.39, 0.29) is 17.5 Å². The van der Waals surface area contributed by atoms with Crippen LogP contribution in [-0.2, 0) is 4.79 Å². The molecule has 33 heavy (non-hydrogen) atoms. The van der Waals surface area contributed by atoms with Crippen LogP contribution in [0.2, 0.25) is 0 Å². The Labute approximate surface area is 191 Å². The van der Waals surface area contributed by atoms with Crippen LogP contribution < -0.4 is 15.8 Å². The van der Waals surface area contributed by atoms with Crippen molar-refractivity contribution in [2.45, 2.75) is 26.8 Å². The highest BCUT2D eigenvalue weighted by Crippen LogP contribution is 2.26. The maximum atomic E-state index is 12.3. The maximum absolute atomic E-state index is 12.3. The van der Waals surface area contributed by atoms with Crippen molar-refractivity contribution in [3.8, 4) is 11.1 Å². The molecular formula is C26H25N5O2. The summed E-state index contributed by atoms with van der Waals surface area (Å²) < 4.78 is 0. The number of hydrogen-bond acceptors (Lipinski definition) is 5. The lowest BCUT2D eigenvalue weighted by Crippen LogP contribution is -2.35. The van der Waals surface area contributed by atoms with Crippen molar-refractivity contribution in [3.63, 3.8) is 0 Å². The standard InChI is InChI=1S/C26H25N5O2/c1-5-23(32)31(16(2)3)21-8-6-7-20(14-21)29-26-28-15-19-13-18(9-10-22(19)30-26)24-17(4)11-12-27-25(24)33/h5-16H,1H2,2-4H3,(H,27,33)(H,28,29,30). The number of nitrogens with one attached hydrogen (secondary N) is 2. The highest BCUT2D eigenvalue weighted by Gasteiger charge is 2.17. The van der Waals surface area contributed by atoms with Crippen LogP contribution in [0.15, 0.2) is 78.4 Å².